The maximum Gasteiger partial charge on any atom is 0.0446 e. The predicted molar refractivity (Wildman–Crippen MR) is 82.3 cm³/mol. The lowest BCUT2D eigenvalue weighted by Crippen LogP contribution is -2.41. The molecular weight excluding hydrogens is 234 g/mol. The number of benzene rings is 1. The molecule has 0 amide bonds. The first kappa shape index (κ1) is 16.2. The Morgan fingerprint density at radius 3 is 2.37 bits per heavy atom. The van der Waals surface area contributed by atoms with Gasteiger partial charge in [0.2, 0.25) is 0 Å². The van der Waals surface area contributed by atoms with Crippen molar-refractivity contribution in [1.29, 1.82) is 0 Å². The maximum atomic E-state index is 9.11. The van der Waals surface area contributed by atoms with Crippen molar-refractivity contribution in [2.45, 2.75) is 52.5 Å². The molecule has 0 aliphatic rings. The lowest BCUT2D eigenvalue weighted by atomic mass is 9.85. The van der Waals surface area contributed by atoms with E-state index >= 15 is 0 Å². The highest BCUT2D eigenvalue weighted by molar-refractivity contribution is 5.14. The van der Waals surface area contributed by atoms with Gasteiger partial charge in [-0.15, -0.1) is 0 Å². The first-order valence-electron chi connectivity index (χ1n) is 7.42. The Morgan fingerprint density at radius 1 is 1.11 bits per heavy atom. The summed E-state index contributed by atoms with van der Waals surface area (Å²) in [6, 6.07) is 11.0. The molecule has 1 aromatic rings. The number of hydrogen-bond donors (Lipinski definition) is 2. The SMILES string of the molecule is CC(C)(C)C(CCO)NCCCCc1ccccc1. The van der Waals surface area contributed by atoms with E-state index in [4.69, 9.17) is 5.11 Å². The second-order valence-corrected chi connectivity index (χ2v) is 6.33. The summed E-state index contributed by atoms with van der Waals surface area (Å²) in [7, 11) is 0. The molecule has 1 aromatic carbocycles. The maximum absolute atomic E-state index is 9.11. The lowest BCUT2D eigenvalue weighted by molar-refractivity contribution is 0.197. The average molecular weight is 263 g/mol. The minimum atomic E-state index is 0.210. The number of aryl methyl sites for hydroxylation is 1. The summed E-state index contributed by atoms with van der Waals surface area (Å²) in [5.74, 6) is 0. The zero-order valence-electron chi connectivity index (χ0n) is 12.7. The quantitative estimate of drug-likeness (QED) is 0.705. The van der Waals surface area contributed by atoms with Gasteiger partial charge in [0, 0.05) is 12.6 Å². The van der Waals surface area contributed by atoms with E-state index in [0.29, 0.717) is 6.04 Å². The highest BCUT2D eigenvalue weighted by Gasteiger charge is 2.22. The van der Waals surface area contributed by atoms with E-state index in [1.165, 1.54) is 18.4 Å². The summed E-state index contributed by atoms with van der Waals surface area (Å²) in [6.45, 7) is 7.98. The molecule has 0 radical (unpaired) electrons. The molecule has 0 fully saturated rings. The summed E-state index contributed by atoms with van der Waals surface area (Å²) in [5.41, 5.74) is 1.63. The van der Waals surface area contributed by atoms with Crippen molar-refractivity contribution < 1.29 is 5.11 Å². The van der Waals surface area contributed by atoms with Gasteiger partial charge < -0.3 is 10.4 Å². The van der Waals surface area contributed by atoms with Crippen molar-refractivity contribution in [2.75, 3.05) is 13.2 Å². The summed E-state index contributed by atoms with van der Waals surface area (Å²) < 4.78 is 0. The van der Waals surface area contributed by atoms with Gasteiger partial charge in [-0.2, -0.15) is 0 Å². The highest BCUT2D eigenvalue weighted by Crippen LogP contribution is 2.21. The van der Waals surface area contributed by atoms with Gasteiger partial charge in [-0.25, -0.2) is 0 Å². The highest BCUT2D eigenvalue weighted by atomic mass is 16.3. The van der Waals surface area contributed by atoms with Gasteiger partial charge in [0.05, 0.1) is 0 Å². The monoisotopic (exact) mass is 263 g/mol. The van der Waals surface area contributed by atoms with Crippen molar-refractivity contribution >= 4 is 0 Å². The van der Waals surface area contributed by atoms with Gasteiger partial charge in [0.1, 0.15) is 0 Å². The minimum Gasteiger partial charge on any atom is -0.396 e. The van der Waals surface area contributed by atoms with Crippen LogP contribution in [-0.2, 0) is 6.42 Å². The average Bonchev–Trinajstić information content (AvgIpc) is 2.37. The van der Waals surface area contributed by atoms with Crippen LogP contribution in [-0.4, -0.2) is 24.3 Å². The van der Waals surface area contributed by atoms with Crippen LogP contribution < -0.4 is 5.32 Å². The van der Waals surface area contributed by atoms with Crippen molar-refractivity contribution in [3.8, 4) is 0 Å². The van der Waals surface area contributed by atoms with Crippen LogP contribution in [0.1, 0.15) is 45.6 Å². The van der Waals surface area contributed by atoms with Gasteiger partial charge in [-0.1, -0.05) is 51.1 Å². The van der Waals surface area contributed by atoms with Crippen LogP contribution in [0.3, 0.4) is 0 Å². The molecule has 1 unspecified atom stereocenters. The molecule has 108 valence electrons. The minimum absolute atomic E-state index is 0.210. The second kappa shape index (κ2) is 8.34. The Bertz CT molecular complexity index is 329. The summed E-state index contributed by atoms with van der Waals surface area (Å²) >= 11 is 0. The third-order valence-corrected chi connectivity index (χ3v) is 3.59. The number of unbranched alkanes of at least 4 members (excludes halogenated alkanes) is 1. The van der Waals surface area contributed by atoms with Crippen molar-refractivity contribution in [2.24, 2.45) is 5.41 Å². The molecular formula is C17H29NO. The molecule has 0 aliphatic heterocycles. The number of nitrogens with one attached hydrogen (secondary N) is 1. The van der Waals surface area contributed by atoms with E-state index in [-0.39, 0.29) is 12.0 Å². The van der Waals surface area contributed by atoms with Crippen LogP contribution in [0, 0.1) is 5.41 Å². The molecule has 0 bridgehead atoms. The topological polar surface area (TPSA) is 32.3 Å². The van der Waals surface area contributed by atoms with E-state index in [1.807, 2.05) is 0 Å². The van der Waals surface area contributed by atoms with Crippen LogP contribution in [0.2, 0.25) is 0 Å². The van der Waals surface area contributed by atoms with Crippen LogP contribution in [0.5, 0.6) is 0 Å². The standard InChI is InChI=1S/C17H29NO/c1-17(2,3)16(12-14-19)18-13-8-7-11-15-9-5-4-6-10-15/h4-6,9-10,16,18-19H,7-8,11-14H2,1-3H3. The summed E-state index contributed by atoms with van der Waals surface area (Å²) in [5, 5.41) is 12.7. The normalized spacial score (nSPS) is 13.5. The Labute approximate surface area is 118 Å². The van der Waals surface area contributed by atoms with Gasteiger partial charge in [0.15, 0.2) is 0 Å². The Kier molecular flexibility index (Phi) is 7.11. The fourth-order valence-corrected chi connectivity index (χ4v) is 2.35. The smallest absolute Gasteiger partial charge is 0.0446 e. The Morgan fingerprint density at radius 2 is 1.79 bits per heavy atom. The first-order chi connectivity index (χ1) is 9.04. The Balaban J connectivity index is 2.18. The van der Waals surface area contributed by atoms with Gasteiger partial charge in [-0.05, 0) is 43.2 Å². The third kappa shape index (κ3) is 6.74. The van der Waals surface area contributed by atoms with Gasteiger partial charge in [-0.3, -0.25) is 0 Å². The van der Waals surface area contributed by atoms with Crippen molar-refractivity contribution in [3.63, 3.8) is 0 Å². The van der Waals surface area contributed by atoms with Crippen LogP contribution >= 0.6 is 0 Å². The van der Waals surface area contributed by atoms with Crippen molar-refractivity contribution in [3.05, 3.63) is 35.9 Å². The molecule has 1 rings (SSSR count). The predicted octanol–water partition coefficient (Wildman–Crippen LogP) is 3.40. The second-order valence-electron chi connectivity index (χ2n) is 6.33. The third-order valence-electron chi connectivity index (χ3n) is 3.59. The largest absolute Gasteiger partial charge is 0.396 e. The number of aliphatic hydroxyl groups is 1. The first-order valence-corrected chi connectivity index (χ1v) is 7.42. The molecule has 0 saturated heterocycles. The van der Waals surface area contributed by atoms with Crippen LogP contribution in [0.4, 0.5) is 0 Å². The zero-order chi connectivity index (χ0) is 14.1. The Hall–Kier alpha value is -0.860. The molecule has 0 spiro atoms. The number of aliphatic hydroxyl groups excluding tert-OH is 1. The number of hydrogen-bond acceptors (Lipinski definition) is 2. The molecule has 0 aromatic heterocycles. The molecule has 0 saturated carbocycles. The molecule has 0 aliphatic carbocycles. The van der Waals surface area contributed by atoms with E-state index in [0.717, 1.165) is 19.4 Å². The van der Waals surface area contributed by atoms with Crippen LogP contribution in [0.15, 0.2) is 30.3 Å². The molecule has 2 N–H and O–H groups in total. The molecule has 2 nitrogen and oxygen atoms in total. The fraction of sp³-hybridized carbons (Fsp3) is 0.647. The molecule has 0 heterocycles. The van der Waals surface area contributed by atoms with Gasteiger partial charge in [0.25, 0.3) is 0 Å². The summed E-state index contributed by atoms with van der Waals surface area (Å²) in [6.07, 6.45) is 4.39. The molecule has 19 heavy (non-hydrogen) atoms. The molecule has 2 heteroatoms. The zero-order valence-corrected chi connectivity index (χ0v) is 12.7. The van der Waals surface area contributed by atoms with Crippen LogP contribution in [0.25, 0.3) is 0 Å². The van der Waals surface area contributed by atoms with Gasteiger partial charge >= 0.3 is 0 Å². The lowest BCUT2D eigenvalue weighted by Gasteiger charge is -2.31. The van der Waals surface area contributed by atoms with E-state index < -0.39 is 0 Å². The van der Waals surface area contributed by atoms with E-state index in [9.17, 15) is 0 Å². The van der Waals surface area contributed by atoms with E-state index in [1.54, 1.807) is 0 Å². The fourth-order valence-electron chi connectivity index (χ4n) is 2.35. The summed E-state index contributed by atoms with van der Waals surface area (Å²) in [4.78, 5) is 0. The van der Waals surface area contributed by atoms with Crippen molar-refractivity contribution in [1.82, 2.24) is 5.32 Å². The molecule has 1 atom stereocenters. The van der Waals surface area contributed by atoms with E-state index in [2.05, 4.69) is 56.4 Å². The number of rotatable bonds is 8.